The van der Waals surface area contributed by atoms with E-state index in [-0.39, 0.29) is 0 Å². The molecule has 2 aromatic rings. The molecule has 0 amide bonds. The monoisotopic (exact) mass is 241 g/mol. The fourth-order valence-corrected chi connectivity index (χ4v) is 1.86. The van der Waals surface area contributed by atoms with Gasteiger partial charge in [-0.25, -0.2) is 9.50 Å². The van der Waals surface area contributed by atoms with Gasteiger partial charge in [-0.1, -0.05) is 0 Å². The Morgan fingerprint density at radius 3 is 3.00 bits per heavy atom. The van der Waals surface area contributed by atoms with Crippen LogP contribution in [-0.2, 0) is 6.54 Å². The third kappa shape index (κ3) is 1.18. The number of anilines is 1. The number of aromatic nitrogens is 3. The molecule has 0 atom stereocenters. The average molecular weight is 242 g/mol. The number of hydrogen-bond acceptors (Lipinski definition) is 4. The molecule has 0 saturated carbocycles. The maximum absolute atomic E-state index is 5.68. The van der Waals surface area contributed by atoms with Crippen molar-refractivity contribution < 1.29 is 0 Å². The van der Waals surface area contributed by atoms with Gasteiger partial charge in [0.25, 0.3) is 0 Å². The smallest absolute Gasteiger partial charge is 0.152 e. The van der Waals surface area contributed by atoms with Crippen LogP contribution in [0.4, 0.5) is 5.82 Å². The Bertz CT molecular complexity index is 449. The van der Waals surface area contributed by atoms with Crippen LogP contribution in [-0.4, -0.2) is 14.6 Å². The third-order valence-electron chi connectivity index (χ3n) is 1.82. The maximum Gasteiger partial charge on any atom is 0.152 e. The lowest BCUT2D eigenvalue weighted by Crippen LogP contribution is -2.05. The van der Waals surface area contributed by atoms with Crippen molar-refractivity contribution in [2.24, 2.45) is 5.73 Å². The zero-order chi connectivity index (χ0) is 9.42. The Morgan fingerprint density at radius 2 is 2.31 bits per heavy atom. The van der Waals surface area contributed by atoms with E-state index in [1.807, 2.05) is 6.07 Å². The zero-order valence-electron chi connectivity index (χ0n) is 6.74. The Kier molecular flexibility index (Phi) is 1.93. The van der Waals surface area contributed by atoms with Crippen molar-refractivity contribution in [2.75, 3.05) is 5.73 Å². The second-order valence-electron chi connectivity index (χ2n) is 2.59. The molecule has 13 heavy (non-hydrogen) atoms. The molecule has 0 fully saturated rings. The Balaban J connectivity index is 2.87. The van der Waals surface area contributed by atoms with Gasteiger partial charge in [0, 0.05) is 11.0 Å². The van der Waals surface area contributed by atoms with Crippen LogP contribution >= 0.6 is 15.9 Å². The van der Waals surface area contributed by atoms with Crippen LogP contribution in [0, 0.1) is 0 Å². The molecule has 0 aliphatic carbocycles. The minimum absolute atomic E-state index is 0.420. The Labute approximate surface area is 82.9 Å². The summed E-state index contributed by atoms with van der Waals surface area (Å²) in [5.41, 5.74) is 12.9. The van der Waals surface area contributed by atoms with Gasteiger partial charge in [0.15, 0.2) is 5.82 Å². The summed E-state index contributed by atoms with van der Waals surface area (Å²) in [6, 6.07) is 1.89. The summed E-state index contributed by atoms with van der Waals surface area (Å²) in [4.78, 5) is 3.89. The van der Waals surface area contributed by atoms with E-state index < -0.39 is 0 Å². The average Bonchev–Trinajstić information content (AvgIpc) is 2.44. The predicted molar refractivity (Wildman–Crippen MR) is 53.0 cm³/mol. The molecule has 6 heteroatoms. The number of nitrogen functional groups attached to an aromatic ring is 1. The number of fused-ring (bicyclic) bond motifs is 1. The van der Waals surface area contributed by atoms with Gasteiger partial charge >= 0.3 is 0 Å². The van der Waals surface area contributed by atoms with E-state index in [4.69, 9.17) is 11.5 Å². The van der Waals surface area contributed by atoms with Crippen molar-refractivity contribution in [3.8, 4) is 0 Å². The van der Waals surface area contributed by atoms with E-state index in [2.05, 4.69) is 26.0 Å². The first-order valence-electron chi connectivity index (χ1n) is 3.70. The SMILES string of the molecule is NCc1cc(Br)c2c(N)ncnn12. The van der Waals surface area contributed by atoms with Crippen molar-refractivity contribution in [1.29, 1.82) is 0 Å². The fraction of sp³-hybridized carbons (Fsp3) is 0.143. The lowest BCUT2D eigenvalue weighted by atomic mass is 10.4. The minimum Gasteiger partial charge on any atom is -0.382 e. The van der Waals surface area contributed by atoms with Crippen molar-refractivity contribution in [2.45, 2.75) is 6.54 Å². The Morgan fingerprint density at radius 1 is 1.54 bits per heavy atom. The predicted octanol–water partition coefficient (Wildman–Crippen LogP) is 0.533. The van der Waals surface area contributed by atoms with E-state index in [1.54, 1.807) is 4.52 Å². The van der Waals surface area contributed by atoms with Crippen molar-refractivity contribution >= 4 is 27.3 Å². The first-order chi connectivity index (χ1) is 6.24. The van der Waals surface area contributed by atoms with Gasteiger partial charge in [0.1, 0.15) is 11.8 Å². The molecule has 0 unspecified atom stereocenters. The normalized spacial score (nSPS) is 10.9. The molecule has 0 aromatic carbocycles. The lowest BCUT2D eigenvalue weighted by molar-refractivity contribution is 0.829. The molecule has 0 bridgehead atoms. The topological polar surface area (TPSA) is 82.2 Å². The summed E-state index contributed by atoms with van der Waals surface area (Å²) >= 11 is 3.37. The molecule has 0 radical (unpaired) electrons. The van der Waals surface area contributed by atoms with Crippen LogP contribution in [0.15, 0.2) is 16.9 Å². The quantitative estimate of drug-likeness (QED) is 0.764. The van der Waals surface area contributed by atoms with Crippen LogP contribution in [0.2, 0.25) is 0 Å². The standard InChI is InChI=1S/C7H8BrN5/c8-5-1-4(2-9)13-6(5)7(10)11-3-12-13/h1,3H,2,9H2,(H2,10,11,12). The second-order valence-corrected chi connectivity index (χ2v) is 3.45. The summed E-state index contributed by atoms with van der Waals surface area (Å²) in [5, 5.41) is 4.05. The molecule has 0 saturated heterocycles. The summed E-state index contributed by atoms with van der Waals surface area (Å²) in [7, 11) is 0. The number of nitrogens with two attached hydrogens (primary N) is 2. The lowest BCUT2D eigenvalue weighted by Gasteiger charge is -1.99. The zero-order valence-corrected chi connectivity index (χ0v) is 8.32. The van der Waals surface area contributed by atoms with Crippen LogP contribution in [0.5, 0.6) is 0 Å². The van der Waals surface area contributed by atoms with Crippen molar-refractivity contribution in [3.63, 3.8) is 0 Å². The molecule has 5 nitrogen and oxygen atoms in total. The van der Waals surface area contributed by atoms with E-state index in [0.717, 1.165) is 15.7 Å². The molecule has 4 N–H and O–H groups in total. The minimum atomic E-state index is 0.420. The van der Waals surface area contributed by atoms with Gasteiger partial charge in [0.05, 0.1) is 5.69 Å². The first-order valence-corrected chi connectivity index (χ1v) is 4.50. The second kappa shape index (κ2) is 2.97. The number of halogens is 1. The van der Waals surface area contributed by atoms with Crippen LogP contribution in [0.1, 0.15) is 5.69 Å². The highest BCUT2D eigenvalue weighted by molar-refractivity contribution is 9.10. The van der Waals surface area contributed by atoms with Gasteiger partial charge in [-0.3, -0.25) is 0 Å². The van der Waals surface area contributed by atoms with Gasteiger partial charge < -0.3 is 11.5 Å². The van der Waals surface area contributed by atoms with Crippen molar-refractivity contribution in [1.82, 2.24) is 14.6 Å². The van der Waals surface area contributed by atoms with Gasteiger partial charge in [0.2, 0.25) is 0 Å². The molecule has 2 heterocycles. The van der Waals surface area contributed by atoms with Crippen LogP contribution in [0.3, 0.4) is 0 Å². The highest BCUT2D eigenvalue weighted by Crippen LogP contribution is 2.24. The third-order valence-corrected chi connectivity index (χ3v) is 2.42. The van der Waals surface area contributed by atoms with Crippen molar-refractivity contribution in [3.05, 3.63) is 22.6 Å². The highest BCUT2D eigenvalue weighted by atomic mass is 79.9. The molecule has 2 aromatic heterocycles. The largest absolute Gasteiger partial charge is 0.382 e. The van der Waals surface area contributed by atoms with Crippen LogP contribution in [0.25, 0.3) is 5.52 Å². The summed E-state index contributed by atoms with van der Waals surface area (Å²) in [6.07, 6.45) is 1.41. The molecular weight excluding hydrogens is 234 g/mol. The maximum atomic E-state index is 5.68. The number of rotatable bonds is 1. The van der Waals surface area contributed by atoms with E-state index in [9.17, 15) is 0 Å². The highest BCUT2D eigenvalue weighted by Gasteiger charge is 2.09. The van der Waals surface area contributed by atoms with E-state index in [1.165, 1.54) is 6.33 Å². The van der Waals surface area contributed by atoms with Crippen LogP contribution < -0.4 is 11.5 Å². The number of hydrogen-bond donors (Lipinski definition) is 2. The number of nitrogens with zero attached hydrogens (tertiary/aromatic N) is 3. The van der Waals surface area contributed by atoms with E-state index in [0.29, 0.717) is 12.4 Å². The van der Waals surface area contributed by atoms with Gasteiger partial charge in [-0.15, -0.1) is 0 Å². The van der Waals surface area contributed by atoms with E-state index >= 15 is 0 Å². The van der Waals surface area contributed by atoms with Gasteiger partial charge in [-0.2, -0.15) is 5.10 Å². The molecule has 0 aliphatic heterocycles. The molecule has 0 aliphatic rings. The Hall–Kier alpha value is -1.14. The summed E-state index contributed by atoms with van der Waals surface area (Å²) in [5.74, 6) is 0.446. The fourth-order valence-electron chi connectivity index (χ4n) is 1.23. The molecule has 0 spiro atoms. The summed E-state index contributed by atoms with van der Waals surface area (Å²) in [6.45, 7) is 0.420. The first kappa shape index (κ1) is 8.46. The molecule has 68 valence electrons. The van der Waals surface area contributed by atoms with Gasteiger partial charge in [-0.05, 0) is 22.0 Å². The molecule has 2 rings (SSSR count). The summed E-state index contributed by atoms with van der Waals surface area (Å²) < 4.78 is 2.55. The molecular formula is C7H8BrN5.